The Bertz CT molecular complexity index is 407. The molecule has 0 heterocycles. The van der Waals surface area contributed by atoms with Crippen molar-refractivity contribution in [2.75, 3.05) is 40.9 Å². The van der Waals surface area contributed by atoms with Gasteiger partial charge in [-0.3, -0.25) is 9.05 Å². The molecule has 0 aliphatic heterocycles. The highest BCUT2D eigenvalue weighted by atomic mass is 31.2. The molecule has 0 rings (SSSR count). The average molecular weight is 407 g/mol. The van der Waals surface area contributed by atoms with Gasteiger partial charge in [-0.2, -0.15) is 0 Å². The highest BCUT2D eigenvalue weighted by Gasteiger charge is 2.21. The molecule has 0 aromatic heterocycles. The number of likely N-dealkylation sites (N-methyl/N-ethyl adjacent to an activating group) is 1. The SMILES string of the molecule is CCCCCCCCCCCC/C=C\CCOP(=O)(O)OCC[N+](C)(C)C. The Balaban J connectivity index is 3.43. The lowest BCUT2D eigenvalue weighted by Gasteiger charge is -2.23. The van der Waals surface area contributed by atoms with Crippen LogP contribution in [-0.4, -0.2) is 50.3 Å². The number of hydrogen-bond acceptors (Lipinski definition) is 3. The number of quaternary nitrogens is 1. The highest BCUT2D eigenvalue weighted by molar-refractivity contribution is 7.47. The molecule has 0 aromatic rings. The topological polar surface area (TPSA) is 55.8 Å². The minimum absolute atomic E-state index is 0.214. The van der Waals surface area contributed by atoms with Gasteiger partial charge in [-0.1, -0.05) is 76.9 Å². The molecular weight excluding hydrogens is 361 g/mol. The summed E-state index contributed by atoms with van der Waals surface area (Å²) in [5.41, 5.74) is 0. The molecule has 0 saturated heterocycles. The zero-order valence-electron chi connectivity index (χ0n) is 18.3. The van der Waals surface area contributed by atoms with Crippen LogP contribution in [0.1, 0.15) is 84.0 Å². The van der Waals surface area contributed by atoms with Crippen molar-refractivity contribution in [1.82, 2.24) is 0 Å². The fraction of sp³-hybridized carbons (Fsp3) is 0.905. The van der Waals surface area contributed by atoms with Crippen LogP contribution in [0.25, 0.3) is 0 Å². The minimum Gasteiger partial charge on any atom is -0.329 e. The number of nitrogens with zero attached hydrogens (tertiary/aromatic N) is 1. The van der Waals surface area contributed by atoms with Gasteiger partial charge in [0, 0.05) is 0 Å². The van der Waals surface area contributed by atoms with Crippen LogP contribution < -0.4 is 0 Å². The first-order valence-corrected chi connectivity index (χ1v) is 12.3. The lowest BCUT2D eigenvalue weighted by Crippen LogP contribution is -2.37. The molecule has 0 aliphatic carbocycles. The zero-order valence-corrected chi connectivity index (χ0v) is 19.2. The number of allylic oxidation sites excluding steroid dienone is 1. The fourth-order valence-electron chi connectivity index (χ4n) is 2.69. The molecule has 0 bridgehead atoms. The van der Waals surface area contributed by atoms with E-state index in [9.17, 15) is 9.46 Å². The van der Waals surface area contributed by atoms with Crippen LogP contribution in [0.15, 0.2) is 12.2 Å². The van der Waals surface area contributed by atoms with Gasteiger partial charge in [0.2, 0.25) is 0 Å². The van der Waals surface area contributed by atoms with Gasteiger partial charge in [0.25, 0.3) is 0 Å². The van der Waals surface area contributed by atoms with Crippen molar-refractivity contribution in [3.63, 3.8) is 0 Å². The third-order valence-electron chi connectivity index (χ3n) is 4.45. The first-order valence-electron chi connectivity index (χ1n) is 10.8. The van der Waals surface area contributed by atoms with Crippen molar-refractivity contribution >= 4 is 7.82 Å². The van der Waals surface area contributed by atoms with E-state index in [0.717, 1.165) is 6.42 Å². The maximum atomic E-state index is 11.7. The Morgan fingerprint density at radius 2 is 1.26 bits per heavy atom. The first-order chi connectivity index (χ1) is 12.8. The molecule has 5 nitrogen and oxygen atoms in total. The standard InChI is InChI=1S/C21H44NO4P/c1-5-6-7-8-9-10-11-12-13-14-15-16-17-18-20-25-27(23,24)26-21-19-22(2,3)4/h16-17H,5-15,18-21H2,1-4H3/p+1/b17-16-. The molecule has 27 heavy (non-hydrogen) atoms. The molecule has 1 atom stereocenters. The monoisotopic (exact) mass is 406 g/mol. The minimum atomic E-state index is -3.91. The van der Waals surface area contributed by atoms with E-state index >= 15 is 0 Å². The summed E-state index contributed by atoms with van der Waals surface area (Å²) in [6, 6.07) is 0. The maximum Gasteiger partial charge on any atom is 0.472 e. The number of hydrogen-bond donors (Lipinski definition) is 1. The average Bonchev–Trinajstić information content (AvgIpc) is 2.57. The molecule has 6 heteroatoms. The van der Waals surface area contributed by atoms with Crippen molar-refractivity contribution in [3.05, 3.63) is 12.2 Å². The molecule has 0 amide bonds. The second-order valence-electron chi connectivity index (χ2n) is 8.38. The van der Waals surface area contributed by atoms with Crippen LogP contribution >= 0.6 is 7.82 Å². The second kappa shape index (κ2) is 16.7. The Labute approximate surface area is 168 Å². The van der Waals surface area contributed by atoms with E-state index in [1.54, 1.807) is 0 Å². The maximum absolute atomic E-state index is 11.7. The summed E-state index contributed by atoms with van der Waals surface area (Å²) in [7, 11) is 2.11. The van der Waals surface area contributed by atoms with Gasteiger partial charge in [-0.15, -0.1) is 0 Å². The van der Waals surface area contributed by atoms with Crippen molar-refractivity contribution in [2.24, 2.45) is 0 Å². The zero-order chi connectivity index (χ0) is 20.4. The Morgan fingerprint density at radius 3 is 1.81 bits per heavy atom. The van der Waals surface area contributed by atoms with Crippen LogP contribution in [0.5, 0.6) is 0 Å². The molecule has 0 aliphatic rings. The van der Waals surface area contributed by atoms with Crippen LogP contribution in [-0.2, 0) is 13.6 Å². The lowest BCUT2D eigenvalue weighted by atomic mass is 10.1. The first kappa shape index (κ1) is 26.8. The molecule has 1 N–H and O–H groups in total. The summed E-state index contributed by atoms with van der Waals surface area (Å²) in [6.07, 6.45) is 19.4. The summed E-state index contributed by atoms with van der Waals surface area (Å²) in [5.74, 6) is 0. The van der Waals surface area contributed by atoms with Gasteiger partial charge in [-0.25, -0.2) is 4.57 Å². The van der Waals surface area contributed by atoms with E-state index in [1.807, 2.05) is 27.2 Å². The molecule has 0 saturated carbocycles. The molecule has 0 aromatic carbocycles. The molecule has 162 valence electrons. The van der Waals surface area contributed by atoms with E-state index in [-0.39, 0.29) is 13.2 Å². The van der Waals surface area contributed by atoms with Gasteiger partial charge in [-0.05, 0) is 19.3 Å². The lowest BCUT2D eigenvalue weighted by molar-refractivity contribution is -0.870. The number of phosphoric ester groups is 1. The third kappa shape index (κ3) is 22.0. The van der Waals surface area contributed by atoms with Gasteiger partial charge in [0.15, 0.2) is 0 Å². The second-order valence-corrected chi connectivity index (χ2v) is 9.83. The summed E-state index contributed by atoms with van der Waals surface area (Å²) in [6.45, 7) is 3.35. The van der Waals surface area contributed by atoms with Crippen molar-refractivity contribution in [2.45, 2.75) is 84.0 Å². The number of rotatable bonds is 19. The van der Waals surface area contributed by atoms with E-state index < -0.39 is 7.82 Å². The predicted molar refractivity (Wildman–Crippen MR) is 115 cm³/mol. The Hall–Kier alpha value is -0.190. The largest absolute Gasteiger partial charge is 0.472 e. The summed E-state index contributed by atoms with van der Waals surface area (Å²) in [5, 5.41) is 0. The van der Waals surface area contributed by atoms with E-state index in [2.05, 4.69) is 13.0 Å². The Kier molecular flexibility index (Phi) is 16.6. The van der Waals surface area contributed by atoms with E-state index in [0.29, 0.717) is 17.4 Å². The van der Waals surface area contributed by atoms with Crippen molar-refractivity contribution in [3.8, 4) is 0 Å². The Morgan fingerprint density at radius 1 is 0.778 bits per heavy atom. The number of phosphoric acid groups is 1. The van der Waals surface area contributed by atoms with E-state index in [1.165, 1.54) is 64.2 Å². The predicted octanol–water partition coefficient (Wildman–Crippen LogP) is 6.08. The fourth-order valence-corrected chi connectivity index (χ4v) is 3.41. The van der Waals surface area contributed by atoms with Gasteiger partial charge in [0.1, 0.15) is 13.2 Å². The summed E-state index contributed by atoms with van der Waals surface area (Å²) < 4.78 is 22.4. The molecule has 0 fully saturated rings. The molecular formula is C21H45NO4P+. The molecule has 0 radical (unpaired) electrons. The van der Waals surface area contributed by atoms with Crippen LogP contribution in [0.2, 0.25) is 0 Å². The third-order valence-corrected chi connectivity index (χ3v) is 5.46. The molecule has 1 unspecified atom stereocenters. The highest BCUT2D eigenvalue weighted by Crippen LogP contribution is 2.43. The summed E-state index contributed by atoms with van der Waals surface area (Å²) >= 11 is 0. The molecule has 0 spiro atoms. The number of unbranched alkanes of at least 4 members (excludes halogenated alkanes) is 10. The normalized spacial score (nSPS) is 14.7. The van der Waals surface area contributed by atoms with Gasteiger partial charge < -0.3 is 9.38 Å². The van der Waals surface area contributed by atoms with Crippen LogP contribution in [0.4, 0.5) is 0 Å². The van der Waals surface area contributed by atoms with Crippen LogP contribution in [0, 0.1) is 0 Å². The summed E-state index contributed by atoms with van der Waals surface area (Å²) in [4.78, 5) is 9.60. The van der Waals surface area contributed by atoms with Crippen LogP contribution in [0.3, 0.4) is 0 Å². The van der Waals surface area contributed by atoms with Crippen molar-refractivity contribution in [1.29, 1.82) is 0 Å². The quantitative estimate of drug-likeness (QED) is 0.122. The van der Waals surface area contributed by atoms with Crippen molar-refractivity contribution < 1.29 is 23.0 Å². The van der Waals surface area contributed by atoms with Gasteiger partial charge >= 0.3 is 7.82 Å². The smallest absolute Gasteiger partial charge is 0.329 e. The van der Waals surface area contributed by atoms with Gasteiger partial charge in [0.05, 0.1) is 27.7 Å². The van der Waals surface area contributed by atoms with E-state index in [4.69, 9.17) is 9.05 Å².